The Bertz CT molecular complexity index is 1470. The molecule has 1 aliphatic rings. The fourth-order valence-corrected chi connectivity index (χ4v) is 8.80. The lowest BCUT2D eigenvalue weighted by Crippen LogP contribution is -2.61. The number of aliphatic hydroxyl groups excluding tert-OH is 5. The van der Waals surface area contributed by atoms with Crippen molar-refractivity contribution < 1.29 is 57.0 Å². The minimum absolute atomic E-state index is 0.220. The van der Waals surface area contributed by atoms with Crippen LogP contribution < -0.4 is 5.32 Å². The van der Waals surface area contributed by atoms with Gasteiger partial charge in [0, 0.05) is 0 Å². The number of nitrogens with one attached hydrogen (secondary N) is 1. The molecule has 0 aromatic carbocycles. The maximum Gasteiger partial charge on any atom is 0.397 e. The SMILES string of the molecule is CCCCCCCCCC/C=C/CC/C=C/CC/C=C/C(O)C(COC1OC(CO)C(O)C(OS(=O)(=O)O)C1O)NC(=O)C(O)CCCCCCCC/C=C\C/C=C\CCCCCCCCCCC. The lowest BCUT2D eigenvalue weighted by Gasteiger charge is -2.41. The van der Waals surface area contributed by atoms with Crippen LogP contribution in [0.2, 0.25) is 0 Å². The minimum atomic E-state index is -5.13. The van der Waals surface area contributed by atoms with Crippen LogP contribution in [-0.2, 0) is 28.9 Å². The molecule has 14 heteroatoms. The maximum absolute atomic E-state index is 13.2. The van der Waals surface area contributed by atoms with E-state index in [0.29, 0.717) is 12.8 Å². The first-order valence-electron chi connectivity index (χ1n) is 27.3. The molecular formula is C55H99NO12S. The van der Waals surface area contributed by atoms with E-state index in [1.165, 1.54) is 122 Å². The van der Waals surface area contributed by atoms with Gasteiger partial charge >= 0.3 is 10.4 Å². The highest BCUT2D eigenvalue weighted by Crippen LogP contribution is 2.26. The Balaban J connectivity index is 2.52. The third-order valence-electron chi connectivity index (χ3n) is 12.6. The number of hydrogen-bond donors (Lipinski definition) is 7. The second-order valence-corrected chi connectivity index (χ2v) is 20.0. The summed E-state index contributed by atoms with van der Waals surface area (Å²) in [5.41, 5.74) is 0. The summed E-state index contributed by atoms with van der Waals surface area (Å²) in [5.74, 6) is -0.725. The van der Waals surface area contributed by atoms with Gasteiger partial charge in [0.05, 0.1) is 25.4 Å². The third-order valence-corrected chi connectivity index (χ3v) is 13.1. The number of allylic oxidation sites excluding steroid dienone is 9. The van der Waals surface area contributed by atoms with Gasteiger partial charge in [-0.15, -0.1) is 0 Å². The zero-order valence-corrected chi connectivity index (χ0v) is 43.8. The van der Waals surface area contributed by atoms with Crippen molar-refractivity contribution in [3.8, 4) is 0 Å². The van der Waals surface area contributed by atoms with Gasteiger partial charge in [-0.25, -0.2) is 4.18 Å². The monoisotopic (exact) mass is 998 g/mol. The molecule has 7 N–H and O–H groups in total. The topological polar surface area (TPSA) is 212 Å². The fraction of sp³-hybridized carbons (Fsp3) is 0.800. The maximum atomic E-state index is 13.2. The second-order valence-electron chi connectivity index (χ2n) is 18.9. The molecule has 69 heavy (non-hydrogen) atoms. The molecule has 13 nitrogen and oxygen atoms in total. The zero-order chi connectivity index (χ0) is 50.6. The molecule has 8 atom stereocenters. The molecular weight excluding hydrogens is 899 g/mol. The lowest BCUT2D eigenvalue weighted by molar-refractivity contribution is -0.298. The summed E-state index contributed by atoms with van der Waals surface area (Å²) >= 11 is 0. The van der Waals surface area contributed by atoms with Crippen LogP contribution in [0.15, 0.2) is 60.8 Å². The summed E-state index contributed by atoms with van der Waals surface area (Å²) in [5, 5.41) is 55.4. The number of aliphatic hydroxyl groups is 5. The van der Waals surface area contributed by atoms with Gasteiger partial charge in [-0.3, -0.25) is 9.35 Å². The van der Waals surface area contributed by atoms with Crippen LogP contribution in [0.3, 0.4) is 0 Å². The Hall–Kier alpha value is -2.24. The Morgan fingerprint density at radius 1 is 0.594 bits per heavy atom. The van der Waals surface area contributed by atoms with Gasteiger partial charge in [-0.05, 0) is 77.0 Å². The summed E-state index contributed by atoms with van der Waals surface area (Å²) in [6.07, 6.45) is 45.8. The third kappa shape index (κ3) is 36.3. The first-order chi connectivity index (χ1) is 33.4. The van der Waals surface area contributed by atoms with Gasteiger partial charge in [0.2, 0.25) is 5.91 Å². The van der Waals surface area contributed by atoms with E-state index in [1.54, 1.807) is 6.08 Å². The molecule has 0 radical (unpaired) electrons. The molecule has 402 valence electrons. The molecule has 1 heterocycles. The van der Waals surface area contributed by atoms with E-state index in [2.05, 4.69) is 72.0 Å². The average Bonchev–Trinajstić information content (AvgIpc) is 3.32. The number of carbonyl (C=O) groups is 1. The average molecular weight is 998 g/mol. The zero-order valence-electron chi connectivity index (χ0n) is 43.0. The summed E-state index contributed by atoms with van der Waals surface area (Å²) in [6.45, 7) is 3.20. The Morgan fingerprint density at radius 2 is 1.01 bits per heavy atom. The summed E-state index contributed by atoms with van der Waals surface area (Å²) < 4.78 is 47.7. The van der Waals surface area contributed by atoms with Gasteiger partial charge in [0.1, 0.15) is 30.5 Å². The number of carbonyl (C=O) groups excluding carboxylic acids is 1. The molecule has 1 aliphatic heterocycles. The van der Waals surface area contributed by atoms with Crippen molar-refractivity contribution in [1.82, 2.24) is 5.32 Å². The van der Waals surface area contributed by atoms with Crippen LogP contribution in [0.1, 0.15) is 219 Å². The van der Waals surface area contributed by atoms with Crippen molar-refractivity contribution >= 4 is 16.3 Å². The van der Waals surface area contributed by atoms with Gasteiger partial charge in [-0.2, -0.15) is 8.42 Å². The molecule has 0 aromatic rings. The normalized spacial score (nSPS) is 20.6. The van der Waals surface area contributed by atoms with Crippen molar-refractivity contribution in [3.63, 3.8) is 0 Å². The minimum Gasteiger partial charge on any atom is -0.394 e. The molecule has 1 fully saturated rings. The van der Waals surface area contributed by atoms with E-state index in [0.717, 1.165) is 70.6 Å². The molecule has 0 bridgehead atoms. The largest absolute Gasteiger partial charge is 0.397 e. The lowest BCUT2D eigenvalue weighted by atomic mass is 9.99. The molecule has 0 saturated carbocycles. The van der Waals surface area contributed by atoms with E-state index in [-0.39, 0.29) is 6.42 Å². The summed E-state index contributed by atoms with van der Waals surface area (Å²) in [6, 6.07) is -1.15. The van der Waals surface area contributed by atoms with Crippen LogP contribution in [0.5, 0.6) is 0 Å². The molecule has 1 rings (SSSR count). The number of hydrogen-bond acceptors (Lipinski definition) is 11. The number of rotatable bonds is 46. The molecule has 0 aliphatic carbocycles. The quantitative estimate of drug-likeness (QED) is 0.0172. The van der Waals surface area contributed by atoms with E-state index >= 15 is 0 Å². The highest BCUT2D eigenvalue weighted by atomic mass is 32.3. The second kappa shape index (κ2) is 44.5. The van der Waals surface area contributed by atoms with Gasteiger partial charge in [0.25, 0.3) is 0 Å². The van der Waals surface area contributed by atoms with E-state index in [4.69, 9.17) is 9.47 Å². The predicted octanol–water partition coefficient (Wildman–Crippen LogP) is 11.1. The van der Waals surface area contributed by atoms with Crippen LogP contribution in [0.25, 0.3) is 0 Å². The van der Waals surface area contributed by atoms with Crippen molar-refractivity contribution in [3.05, 3.63) is 60.8 Å². The van der Waals surface area contributed by atoms with E-state index < -0.39 is 78.5 Å². The van der Waals surface area contributed by atoms with Crippen molar-refractivity contribution in [1.29, 1.82) is 0 Å². The van der Waals surface area contributed by atoms with Crippen molar-refractivity contribution in [2.75, 3.05) is 13.2 Å². The van der Waals surface area contributed by atoms with Crippen LogP contribution >= 0.6 is 0 Å². The molecule has 1 saturated heterocycles. The Morgan fingerprint density at radius 3 is 1.48 bits per heavy atom. The molecule has 8 unspecified atom stereocenters. The van der Waals surface area contributed by atoms with Crippen LogP contribution in [0, 0.1) is 0 Å². The fourth-order valence-electron chi connectivity index (χ4n) is 8.29. The molecule has 0 aromatic heterocycles. The van der Waals surface area contributed by atoms with E-state index in [1.807, 2.05) is 0 Å². The van der Waals surface area contributed by atoms with E-state index in [9.17, 15) is 43.3 Å². The highest BCUT2D eigenvalue weighted by Gasteiger charge is 2.48. The van der Waals surface area contributed by atoms with Crippen molar-refractivity contribution in [2.24, 2.45) is 0 Å². The molecule has 1 amide bonds. The van der Waals surface area contributed by atoms with Gasteiger partial charge in [-0.1, -0.05) is 203 Å². The van der Waals surface area contributed by atoms with Crippen LogP contribution in [0.4, 0.5) is 0 Å². The summed E-state index contributed by atoms with van der Waals surface area (Å²) in [4.78, 5) is 13.2. The van der Waals surface area contributed by atoms with Crippen molar-refractivity contribution in [2.45, 2.75) is 268 Å². The van der Waals surface area contributed by atoms with Gasteiger partial charge < -0.3 is 40.3 Å². The molecule has 0 spiro atoms. The summed E-state index contributed by atoms with van der Waals surface area (Å²) in [7, 11) is -5.13. The smallest absolute Gasteiger partial charge is 0.394 e. The standard InChI is InChI=1S/C55H99NO12S/c1-3-5-7-9-11-13-15-17-19-21-23-24-25-26-28-30-32-34-36-38-40-42-44-49(59)54(62)56-47(46-66-55-52(61)53(68-69(63,64)65)51(60)50(45-57)67-55)48(58)43-41-39-37-35-33-31-29-27-22-20-18-16-14-12-10-8-6-4-2/h22-24,26-28,33,35,41,43,47-53,55,57-61H,3-21,25,29-32,34,36-40,42,44-46H2,1-2H3,(H,56,62)(H,63,64,65)/b24-23-,27-22+,28-26-,35-33+,43-41+. The number of ether oxygens (including phenoxy) is 2. The Labute approximate surface area is 419 Å². The first-order valence-corrected chi connectivity index (χ1v) is 28.6. The van der Waals surface area contributed by atoms with Crippen LogP contribution in [-0.4, -0.2) is 107 Å². The first kappa shape index (κ1) is 64.8. The number of amides is 1. The van der Waals surface area contributed by atoms with Gasteiger partial charge in [0.15, 0.2) is 6.29 Å². The predicted molar refractivity (Wildman–Crippen MR) is 279 cm³/mol. The number of unbranched alkanes of at least 4 members (excludes halogenated alkanes) is 25. The Kier molecular flexibility index (Phi) is 41.7. The highest BCUT2D eigenvalue weighted by molar-refractivity contribution is 7.80.